The molecule has 4 rings (SSSR count). The lowest BCUT2D eigenvalue weighted by atomic mass is 10.1. The SMILES string of the molecule is NC(=O)NN=Cc1cn(-c2ccccc2)nc1-c1ccc2c(c1)OCCO2. The highest BCUT2D eigenvalue weighted by Crippen LogP contribution is 2.35. The van der Waals surface area contributed by atoms with Gasteiger partial charge in [0.15, 0.2) is 11.5 Å². The lowest BCUT2D eigenvalue weighted by Crippen LogP contribution is -2.24. The van der Waals surface area contributed by atoms with Crippen LogP contribution in [0.4, 0.5) is 4.79 Å². The molecular formula is C19H17N5O3. The molecule has 136 valence electrons. The Morgan fingerprint density at radius 3 is 2.70 bits per heavy atom. The van der Waals surface area contributed by atoms with Crippen LogP contribution in [0.25, 0.3) is 16.9 Å². The van der Waals surface area contributed by atoms with Crippen molar-refractivity contribution in [2.75, 3.05) is 13.2 Å². The van der Waals surface area contributed by atoms with Gasteiger partial charge in [0.25, 0.3) is 0 Å². The summed E-state index contributed by atoms with van der Waals surface area (Å²) >= 11 is 0. The number of nitrogens with zero attached hydrogens (tertiary/aromatic N) is 3. The standard InChI is InChI=1S/C19H17N5O3/c20-19(25)22-21-11-14-12-24(15-4-2-1-3-5-15)23-18(14)13-6-7-16-17(10-13)27-9-8-26-16/h1-7,10-12H,8-9H2,(H3,20,22,25). The van der Waals surface area contributed by atoms with Gasteiger partial charge in [-0.15, -0.1) is 0 Å². The number of para-hydroxylation sites is 1. The molecule has 1 aliphatic heterocycles. The second-order valence-electron chi connectivity index (χ2n) is 5.81. The van der Waals surface area contributed by atoms with Gasteiger partial charge in [-0.3, -0.25) is 0 Å². The predicted molar refractivity (Wildman–Crippen MR) is 100 cm³/mol. The predicted octanol–water partition coefficient (Wildman–Crippen LogP) is 2.31. The second kappa shape index (κ2) is 7.20. The van der Waals surface area contributed by atoms with E-state index in [4.69, 9.17) is 15.2 Å². The van der Waals surface area contributed by atoms with Crippen LogP contribution in [0.5, 0.6) is 11.5 Å². The molecule has 0 bridgehead atoms. The molecule has 0 spiro atoms. The van der Waals surface area contributed by atoms with Crippen LogP contribution in [0.3, 0.4) is 0 Å². The van der Waals surface area contributed by atoms with Crippen LogP contribution in [0.2, 0.25) is 0 Å². The Morgan fingerprint density at radius 1 is 1.15 bits per heavy atom. The number of carbonyl (C=O) groups is 1. The number of primary amides is 1. The van der Waals surface area contributed by atoms with E-state index < -0.39 is 6.03 Å². The number of benzene rings is 2. The van der Waals surface area contributed by atoms with Crippen molar-refractivity contribution in [2.24, 2.45) is 10.8 Å². The normalized spacial score (nSPS) is 12.9. The van der Waals surface area contributed by atoms with Crippen LogP contribution in [-0.4, -0.2) is 35.2 Å². The maximum Gasteiger partial charge on any atom is 0.332 e. The van der Waals surface area contributed by atoms with E-state index in [1.807, 2.05) is 54.7 Å². The summed E-state index contributed by atoms with van der Waals surface area (Å²) in [7, 11) is 0. The van der Waals surface area contributed by atoms with E-state index in [0.717, 1.165) is 11.3 Å². The van der Waals surface area contributed by atoms with E-state index in [9.17, 15) is 4.79 Å². The fraction of sp³-hybridized carbons (Fsp3) is 0.105. The number of aromatic nitrogens is 2. The summed E-state index contributed by atoms with van der Waals surface area (Å²) < 4.78 is 13.0. The summed E-state index contributed by atoms with van der Waals surface area (Å²) in [5.74, 6) is 1.38. The number of fused-ring (bicyclic) bond motifs is 1. The lowest BCUT2D eigenvalue weighted by Gasteiger charge is -2.18. The highest BCUT2D eigenvalue weighted by Gasteiger charge is 2.16. The van der Waals surface area contributed by atoms with Crippen molar-refractivity contribution >= 4 is 12.2 Å². The van der Waals surface area contributed by atoms with Gasteiger partial charge in [0, 0.05) is 17.3 Å². The zero-order valence-corrected chi connectivity index (χ0v) is 14.3. The number of nitrogens with one attached hydrogen (secondary N) is 1. The van der Waals surface area contributed by atoms with Crippen molar-refractivity contribution < 1.29 is 14.3 Å². The third kappa shape index (κ3) is 3.59. The van der Waals surface area contributed by atoms with E-state index in [0.29, 0.717) is 36.0 Å². The van der Waals surface area contributed by atoms with Crippen LogP contribution < -0.4 is 20.6 Å². The number of nitrogens with two attached hydrogens (primary N) is 1. The highest BCUT2D eigenvalue weighted by atomic mass is 16.6. The van der Waals surface area contributed by atoms with Crippen molar-refractivity contribution in [1.29, 1.82) is 0 Å². The summed E-state index contributed by atoms with van der Waals surface area (Å²) in [6.45, 7) is 1.04. The molecule has 3 N–H and O–H groups in total. The van der Waals surface area contributed by atoms with Crippen LogP contribution >= 0.6 is 0 Å². The minimum atomic E-state index is -0.734. The van der Waals surface area contributed by atoms with Crippen molar-refractivity contribution in [2.45, 2.75) is 0 Å². The zero-order valence-electron chi connectivity index (χ0n) is 14.3. The second-order valence-corrected chi connectivity index (χ2v) is 5.81. The summed E-state index contributed by atoms with van der Waals surface area (Å²) in [5, 5.41) is 8.55. The number of hydrogen-bond acceptors (Lipinski definition) is 5. The lowest BCUT2D eigenvalue weighted by molar-refractivity contribution is 0.171. The van der Waals surface area contributed by atoms with E-state index >= 15 is 0 Å². The Balaban J connectivity index is 1.76. The van der Waals surface area contributed by atoms with Gasteiger partial charge in [-0.2, -0.15) is 10.2 Å². The number of rotatable bonds is 4. The van der Waals surface area contributed by atoms with Gasteiger partial charge in [-0.25, -0.2) is 14.9 Å². The largest absolute Gasteiger partial charge is 0.486 e. The van der Waals surface area contributed by atoms with Crippen LogP contribution in [0.15, 0.2) is 59.8 Å². The maximum absolute atomic E-state index is 10.9. The number of carbonyl (C=O) groups excluding carboxylic acids is 1. The van der Waals surface area contributed by atoms with Crippen molar-refractivity contribution in [3.63, 3.8) is 0 Å². The van der Waals surface area contributed by atoms with Gasteiger partial charge in [0.2, 0.25) is 0 Å². The third-order valence-corrected chi connectivity index (χ3v) is 3.96. The average Bonchev–Trinajstić information content (AvgIpc) is 3.12. The molecule has 0 aliphatic carbocycles. The molecule has 8 heteroatoms. The van der Waals surface area contributed by atoms with Gasteiger partial charge in [0.1, 0.15) is 18.9 Å². The van der Waals surface area contributed by atoms with Crippen LogP contribution in [0.1, 0.15) is 5.56 Å². The molecule has 27 heavy (non-hydrogen) atoms. The molecule has 0 radical (unpaired) electrons. The van der Waals surface area contributed by atoms with Crippen LogP contribution in [0, 0.1) is 0 Å². The van der Waals surface area contributed by atoms with Gasteiger partial charge in [0.05, 0.1) is 11.9 Å². The molecule has 8 nitrogen and oxygen atoms in total. The molecule has 0 atom stereocenters. The summed E-state index contributed by atoms with van der Waals surface area (Å²) in [5.41, 5.74) is 10.4. The first kappa shape index (κ1) is 16.6. The molecule has 0 saturated carbocycles. The number of ether oxygens (including phenoxy) is 2. The molecule has 2 amide bonds. The molecule has 0 fully saturated rings. The smallest absolute Gasteiger partial charge is 0.332 e. The highest BCUT2D eigenvalue weighted by molar-refractivity contribution is 5.89. The van der Waals surface area contributed by atoms with E-state index in [1.165, 1.54) is 6.21 Å². The van der Waals surface area contributed by atoms with Crippen LogP contribution in [-0.2, 0) is 0 Å². The first-order chi connectivity index (χ1) is 13.2. The number of hydrogen-bond donors (Lipinski definition) is 2. The minimum Gasteiger partial charge on any atom is -0.486 e. The van der Waals surface area contributed by atoms with Crippen molar-refractivity contribution in [1.82, 2.24) is 15.2 Å². The monoisotopic (exact) mass is 363 g/mol. The molecule has 1 aromatic heterocycles. The molecule has 0 unspecified atom stereocenters. The first-order valence-corrected chi connectivity index (χ1v) is 8.34. The van der Waals surface area contributed by atoms with Gasteiger partial charge >= 0.3 is 6.03 Å². The van der Waals surface area contributed by atoms with Gasteiger partial charge in [-0.1, -0.05) is 18.2 Å². The van der Waals surface area contributed by atoms with E-state index in [2.05, 4.69) is 15.6 Å². The molecule has 2 aromatic carbocycles. The number of amides is 2. The summed E-state index contributed by atoms with van der Waals surface area (Å²) in [4.78, 5) is 10.9. The fourth-order valence-electron chi connectivity index (χ4n) is 2.78. The Kier molecular flexibility index (Phi) is 4.44. The number of urea groups is 1. The Bertz CT molecular complexity index is 998. The van der Waals surface area contributed by atoms with Crippen molar-refractivity contribution in [3.05, 3.63) is 60.3 Å². The Morgan fingerprint density at radius 2 is 1.93 bits per heavy atom. The van der Waals surface area contributed by atoms with Crippen molar-refractivity contribution in [3.8, 4) is 28.4 Å². The maximum atomic E-state index is 10.9. The first-order valence-electron chi connectivity index (χ1n) is 8.34. The summed E-state index contributed by atoms with van der Waals surface area (Å²) in [6.07, 6.45) is 3.33. The van der Waals surface area contributed by atoms with Gasteiger partial charge in [-0.05, 0) is 30.3 Å². The molecular weight excluding hydrogens is 346 g/mol. The molecule has 1 aliphatic rings. The molecule has 2 heterocycles. The van der Waals surface area contributed by atoms with E-state index in [1.54, 1.807) is 4.68 Å². The van der Waals surface area contributed by atoms with E-state index in [-0.39, 0.29) is 0 Å². The molecule has 3 aromatic rings. The minimum absolute atomic E-state index is 0.506. The topological polar surface area (TPSA) is 104 Å². The van der Waals surface area contributed by atoms with Gasteiger partial charge < -0.3 is 15.2 Å². The average molecular weight is 363 g/mol. The number of hydrazone groups is 1. The quantitative estimate of drug-likeness (QED) is 0.548. The zero-order chi connectivity index (χ0) is 18.6. The third-order valence-electron chi connectivity index (χ3n) is 3.96. The Hall–Kier alpha value is -3.81. The summed E-state index contributed by atoms with van der Waals surface area (Å²) in [6, 6.07) is 14.6. The Labute approximate surface area is 155 Å². The fourth-order valence-corrected chi connectivity index (χ4v) is 2.78. The molecule has 0 saturated heterocycles.